The van der Waals surface area contributed by atoms with Gasteiger partial charge in [0.1, 0.15) is 6.33 Å². The summed E-state index contributed by atoms with van der Waals surface area (Å²) in [7, 11) is 1.83. The average Bonchev–Trinajstić information content (AvgIpc) is 2.84. The Bertz CT molecular complexity index is 497. The molecule has 0 radical (unpaired) electrons. The second kappa shape index (κ2) is 3.40. The number of amidine groups is 1. The molecule has 0 fully saturated rings. The molecule has 2 aromatic rings. The fourth-order valence-corrected chi connectivity index (χ4v) is 1.10. The van der Waals surface area contributed by atoms with Crippen LogP contribution in [0.25, 0.3) is 5.95 Å². The Labute approximate surface area is 84.7 Å². The molecule has 0 aliphatic carbocycles. The first kappa shape index (κ1) is 9.19. The lowest BCUT2D eigenvalue weighted by Crippen LogP contribution is -2.15. The number of rotatable bonds is 2. The van der Waals surface area contributed by atoms with Gasteiger partial charge in [-0.2, -0.15) is 4.68 Å². The average molecular weight is 207 g/mol. The SMILES string of the molecule is Cn1ccnc1-n1cnc(C(N)=NO)n1. The lowest BCUT2D eigenvalue weighted by Gasteiger charge is -1.98. The van der Waals surface area contributed by atoms with Crippen molar-refractivity contribution in [3.05, 3.63) is 24.5 Å². The van der Waals surface area contributed by atoms with E-state index in [1.807, 2.05) is 7.05 Å². The van der Waals surface area contributed by atoms with Crippen LogP contribution in [0, 0.1) is 0 Å². The highest BCUT2D eigenvalue weighted by atomic mass is 16.4. The van der Waals surface area contributed by atoms with E-state index < -0.39 is 0 Å². The summed E-state index contributed by atoms with van der Waals surface area (Å²) in [5, 5.41) is 15.2. The predicted molar refractivity (Wildman–Crippen MR) is 50.6 cm³/mol. The number of nitrogens with zero attached hydrogens (tertiary/aromatic N) is 6. The van der Waals surface area contributed by atoms with E-state index in [0.717, 1.165) is 0 Å². The van der Waals surface area contributed by atoms with E-state index >= 15 is 0 Å². The Balaban J connectivity index is 2.40. The Morgan fingerprint density at radius 3 is 2.93 bits per heavy atom. The number of imidazole rings is 1. The lowest BCUT2D eigenvalue weighted by atomic mass is 10.6. The molecule has 0 bridgehead atoms. The van der Waals surface area contributed by atoms with Crippen LogP contribution in [0.5, 0.6) is 0 Å². The highest BCUT2D eigenvalue weighted by Crippen LogP contribution is 2.01. The van der Waals surface area contributed by atoms with Crippen LogP contribution in [0.4, 0.5) is 0 Å². The van der Waals surface area contributed by atoms with Crippen LogP contribution < -0.4 is 5.73 Å². The van der Waals surface area contributed by atoms with Gasteiger partial charge in [-0.05, 0) is 0 Å². The van der Waals surface area contributed by atoms with E-state index in [2.05, 4.69) is 20.2 Å². The zero-order valence-electron chi connectivity index (χ0n) is 7.94. The van der Waals surface area contributed by atoms with Gasteiger partial charge in [-0.3, -0.25) is 0 Å². The van der Waals surface area contributed by atoms with E-state index in [1.54, 1.807) is 17.0 Å². The van der Waals surface area contributed by atoms with Crippen LogP contribution in [-0.4, -0.2) is 35.4 Å². The summed E-state index contributed by atoms with van der Waals surface area (Å²) in [6.07, 6.45) is 4.86. The summed E-state index contributed by atoms with van der Waals surface area (Å²) in [4.78, 5) is 7.93. The smallest absolute Gasteiger partial charge is 0.231 e. The summed E-state index contributed by atoms with van der Waals surface area (Å²) >= 11 is 0. The van der Waals surface area contributed by atoms with E-state index in [9.17, 15) is 0 Å². The van der Waals surface area contributed by atoms with Crippen molar-refractivity contribution < 1.29 is 5.21 Å². The predicted octanol–water partition coefficient (Wildman–Crippen LogP) is -0.905. The Hall–Kier alpha value is -2.38. The minimum Gasteiger partial charge on any atom is -0.409 e. The van der Waals surface area contributed by atoms with Gasteiger partial charge in [0.2, 0.25) is 17.6 Å². The number of aryl methyl sites for hydroxylation is 1. The molecule has 15 heavy (non-hydrogen) atoms. The maximum absolute atomic E-state index is 8.44. The first-order chi connectivity index (χ1) is 7.22. The molecule has 0 amide bonds. The van der Waals surface area contributed by atoms with Gasteiger partial charge in [-0.1, -0.05) is 5.16 Å². The molecule has 0 saturated carbocycles. The fourth-order valence-electron chi connectivity index (χ4n) is 1.10. The number of aromatic nitrogens is 5. The fraction of sp³-hybridized carbons (Fsp3) is 0.143. The van der Waals surface area contributed by atoms with E-state index in [-0.39, 0.29) is 11.7 Å². The molecule has 8 heteroatoms. The van der Waals surface area contributed by atoms with E-state index in [1.165, 1.54) is 11.0 Å². The zero-order valence-corrected chi connectivity index (χ0v) is 7.94. The Morgan fingerprint density at radius 1 is 1.53 bits per heavy atom. The molecule has 0 unspecified atom stereocenters. The maximum atomic E-state index is 8.44. The highest BCUT2D eigenvalue weighted by Gasteiger charge is 2.09. The molecule has 0 atom stereocenters. The summed E-state index contributed by atoms with van der Waals surface area (Å²) in [5.74, 6) is 0.614. The molecular formula is C7H9N7O. The van der Waals surface area contributed by atoms with Crippen molar-refractivity contribution in [2.45, 2.75) is 0 Å². The highest BCUT2D eigenvalue weighted by molar-refractivity contribution is 5.93. The molecule has 2 aromatic heterocycles. The standard InChI is InChI=1S/C7H9N7O/c1-13-3-2-9-7(13)14-4-10-6(11-14)5(8)12-15/h2-4,15H,1H3,(H2,8,12). The van der Waals surface area contributed by atoms with Gasteiger partial charge < -0.3 is 15.5 Å². The largest absolute Gasteiger partial charge is 0.409 e. The van der Waals surface area contributed by atoms with Crippen molar-refractivity contribution in [1.82, 2.24) is 24.3 Å². The second-order valence-electron chi connectivity index (χ2n) is 2.84. The first-order valence-electron chi connectivity index (χ1n) is 4.09. The van der Waals surface area contributed by atoms with Gasteiger partial charge in [-0.15, -0.1) is 5.10 Å². The third-order valence-electron chi connectivity index (χ3n) is 1.83. The van der Waals surface area contributed by atoms with Crippen molar-refractivity contribution in [2.75, 3.05) is 0 Å². The van der Waals surface area contributed by atoms with Gasteiger partial charge in [0.05, 0.1) is 0 Å². The second-order valence-corrected chi connectivity index (χ2v) is 2.84. The van der Waals surface area contributed by atoms with Crippen LogP contribution in [0.1, 0.15) is 5.82 Å². The molecular weight excluding hydrogens is 198 g/mol. The van der Waals surface area contributed by atoms with Gasteiger partial charge in [-0.25, -0.2) is 9.97 Å². The van der Waals surface area contributed by atoms with E-state index in [0.29, 0.717) is 5.95 Å². The summed E-state index contributed by atoms with van der Waals surface area (Å²) in [5.41, 5.74) is 5.33. The molecule has 2 rings (SSSR count). The molecule has 0 aliphatic rings. The molecule has 0 aromatic carbocycles. The molecule has 78 valence electrons. The molecule has 0 saturated heterocycles. The van der Waals surface area contributed by atoms with Crippen LogP contribution in [0.3, 0.4) is 0 Å². The Morgan fingerprint density at radius 2 is 2.33 bits per heavy atom. The normalized spacial score (nSPS) is 11.9. The number of hydrogen-bond donors (Lipinski definition) is 2. The topological polar surface area (TPSA) is 107 Å². The van der Waals surface area contributed by atoms with Gasteiger partial charge in [0, 0.05) is 19.4 Å². The quantitative estimate of drug-likeness (QED) is 0.287. The Kier molecular flexibility index (Phi) is 2.08. The number of oxime groups is 1. The summed E-state index contributed by atoms with van der Waals surface area (Å²) in [6, 6.07) is 0. The molecule has 0 aliphatic heterocycles. The van der Waals surface area contributed by atoms with Gasteiger partial charge in [0.15, 0.2) is 0 Å². The van der Waals surface area contributed by atoms with Crippen LogP contribution >= 0.6 is 0 Å². The minimum absolute atomic E-state index is 0.136. The third kappa shape index (κ3) is 1.52. The first-order valence-corrected chi connectivity index (χ1v) is 4.09. The minimum atomic E-state index is -0.136. The van der Waals surface area contributed by atoms with Crippen molar-refractivity contribution in [3.63, 3.8) is 0 Å². The van der Waals surface area contributed by atoms with Gasteiger partial charge >= 0.3 is 0 Å². The van der Waals surface area contributed by atoms with Crippen LogP contribution in [0.15, 0.2) is 23.9 Å². The van der Waals surface area contributed by atoms with Crippen LogP contribution in [0.2, 0.25) is 0 Å². The third-order valence-corrected chi connectivity index (χ3v) is 1.83. The lowest BCUT2D eigenvalue weighted by molar-refractivity contribution is 0.318. The number of nitrogens with two attached hydrogens (primary N) is 1. The van der Waals surface area contributed by atoms with Crippen molar-refractivity contribution in [3.8, 4) is 5.95 Å². The molecule has 0 spiro atoms. The number of hydrogen-bond acceptors (Lipinski definition) is 5. The van der Waals surface area contributed by atoms with E-state index in [4.69, 9.17) is 10.9 Å². The monoisotopic (exact) mass is 207 g/mol. The van der Waals surface area contributed by atoms with Crippen molar-refractivity contribution in [1.29, 1.82) is 0 Å². The molecule has 2 heterocycles. The maximum Gasteiger partial charge on any atom is 0.231 e. The molecule has 3 N–H and O–H groups in total. The molecule has 8 nitrogen and oxygen atoms in total. The van der Waals surface area contributed by atoms with Crippen molar-refractivity contribution >= 4 is 5.84 Å². The van der Waals surface area contributed by atoms with Crippen molar-refractivity contribution in [2.24, 2.45) is 17.9 Å². The van der Waals surface area contributed by atoms with Gasteiger partial charge in [0.25, 0.3) is 0 Å². The summed E-state index contributed by atoms with van der Waals surface area (Å²) < 4.78 is 3.21. The zero-order chi connectivity index (χ0) is 10.8. The summed E-state index contributed by atoms with van der Waals surface area (Å²) in [6.45, 7) is 0. The van der Waals surface area contributed by atoms with Crippen LogP contribution in [-0.2, 0) is 7.05 Å².